The zero-order valence-corrected chi connectivity index (χ0v) is 11.6. The van der Waals surface area contributed by atoms with E-state index in [9.17, 15) is 0 Å². The van der Waals surface area contributed by atoms with Crippen LogP contribution in [-0.2, 0) is 0 Å². The number of aromatic nitrogens is 2. The number of anilines is 1. The predicted molar refractivity (Wildman–Crippen MR) is 75.9 cm³/mol. The summed E-state index contributed by atoms with van der Waals surface area (Å²) in [6, 6.07) is 8.41. The normalized spacial score (nSPS) is 18.2. The number of H-pyrrole nitrogens is 1. The van der Waals surface area contributed by atoms with Crippen molar-refractivity contribution in [2.75, 3.05) is 18.0 Å². The predicted octanol–water partition coefficient (Wildman–Crippen LogP) is 3.54. The third-order valence-corrected chi connectivity index (χ3v) is 4.63. The smallest absolute Gasteiger partial charge is 0.116 e. The summed E-state index contributed by atoms with van der Waals surface area (Å²) in [5.41, 5.74) is 5.01. The van der Waals surface area contributed by atoms with E-state index in [1.807, 2.05) is 0 Å². The van der Waals surface area contributed by atoms with Crippen LogP contribution in [0.25, 0.3) is 11.3 Å². The first-order valence-electron chi connectivity index (χ1n) is 6.42. The number of fused-ring (bicyclic) bond motifs is 2. The Balaban J connectivity index is 1.86. The molecule has 0 saturated carbocycles. The van der Waals surface area contributed by atoms with Crippen LogP contribution >= 0.6 is 15.9 Å². The van der Waals surface area contributed by atoms with E-state index < -0.39 is 0 Å². The van der Waals surface area contributed by atoms with Crippen molar-refractivity contribution in [3.8, 4) is 11.3 Å². The first kappa shape index (κ1) is 10.6. The Morgan fingerprint density at radius 3 is 2.61 bits per heavy atom. The van der Waals surface area contributed by atoms with Gasteiger partial charge in [0.2, 0.25) is 0 Å². The van der Waals surface area contributed by atoms with Crippen LogP contribution in [0.2, 0.25) is 0 Å². The summed E-state index contributed by atoms with van der Waals surface area (Å²) in [5, 5.41) is 7.82. The molecular weight excluding hydrogens is 290 g/mol. The average Bonchev–Trinajstić information content (AvgIpc) is 2.88. The molecule has 2 aromatic rings. The van der Waals surface area contributed by atoms with E-state index in [1.54, 1.807) is 0 Å². The van der Waals surface area contributed by atoms with Gasteiger partial charge in [0.1, 0.15) is 5.69 Å². The molecule has 0 amide bonds. The van der Waals surface area contributed by atoms with Gasteiger partial charge >= 0.3 is 0 Å². The molecule has 2 bridgehead atoms. The summed E-state index contributed by atoms with van der Waals surface area (Å²) >= 11 is 3.48. The van der Waals surface area contributed by atoms with Gasteiger partial charge in [0, 0.05) is 29.0 Å². The Hall–Kier alpha value is -1.29. The molecule has 5 rings (SSSR count). The van der Waals surface area contributed by atoms with E-state index in [-0.39, 0.29) is 0 Å². The number of aromatic amines is 1. The van der Waals surface area contributed by atoms with Gasteiger partial charge < -0.3 is 4.90 Å². The second kappa shape index (κ2) is 3.85. The fourth-order valence-corrected chi connectivity index (χ4v) is 3.42. The number of nitrogens with zero attached hydrogens (tertiary/aromatic N) is 2. The van der Waals surface area contributed by atoms with Gasteiger partial charge in [-0.3, -0.25) is 5.10 Å². The van der Waals surface area contributed by atoms with Crippen LogP contribution in [0.4, 0.5) is 5.69 Å². The molecule has 18 heavy (non-hydrogen) atoms. The van der Waals surface area contributed by atoms with Gasteiger partial charge in [-0.2, -0.15) is 5.10 Å². The Kier molecular flexibility index (Phi) is 2.27. The summed E-state index contributed by atoms with van der Waals surface area (Å²) in [6.45, 7) is 2.36. The first-order valence-corrected chi connectivity index (χ1v) is 7.21. The van der Waals surface area contributed by atoms with Gasteiger partial charge in [0.05, 0.1) is 11.4 Å². The van der Waals surface area contributed by atoms with Gasteiger partial charge in [-0.1, -0.05) is 28.1 Å². The SMILES string of the molecule is Brc1ccc(-c2n[nH]c3c2N2CCC3CC2)cc1. The van der Waals surface area contributed by atoms with Crippen molar-refractivity contribution < 1.29 is 0 Å². The second-order valence-corrected chi connectivity index (χ2v) is 6.02. The summed E-state index contributed by atoms with van der Waals surface area (Å²) in [7, 11) is 0. The Morgan fingerprint density at radius 1 is 1.17 bits per heavy atom. The van der Waals surface area contributed by atoms with Crippen LogP contribution in [0.5, 0.6) is 0 Å². The molecule has 0 unspecified atom stereocenters. The molecule has 1 aromatic heterocycles. The molecule has 1 aromatic carbocycles. The highest BCUT2D eigenvalue weighted by molar-refractivity contribution is 9.10. The van der Waals surface area contributed by atoms with Crippen molar-refractivity contribution in [2.45, 2.75) is 18.8 Å². The van der Waals surface area contributed by atoms with Crippen molar-refractivity contribution in [1.82, 2.24) is 10.2 Å². The third kappa shape index (κ3) is 1.45. The van der Waals surface area contributed by atoms with Gasteiger partial charge in [-0.05, 0) is 25.0 Å². The number of hydrogen-bond acceptors (Lipinski definition) is 2. The molecule has 1 N–H and O–H groups in total. The Morgan fingerprint density at radius 2 is 1.89 bits per heavy atom. The number of halogens is 1. The summed E-state index contributed by atoms with van der Waals surface area (Å²) in [5.74, 6) is 0.696. The summed E-state index contributed by atoms with van der Waals surface area (Å²) < 4.78 is 1.11. The van der Waals surface area contributed by atoms with Crippen molar-refractivity contribution >= 4 is 21.6 Å². The van der Waals surface area contributed by atoms with E-state index >= 15 is 0 Å². The molecule has 1 fully saturated rings. The maximum atomic E-state index is 4.56. The molecule has 92 valence electrons. The Bertz CT molecular complexity index is 580. The molecule has 3 aliphatic rings. The minimum Gasteiger partial charge on any atom is -0.368 e. The fraction of sp³-hybridized carbons (Fsp3) is 0.357. The van der Waals surface area contributed by atoms with E-state index in [1.165, 1.54) is 42.9 Å². The standard InChI is InChI=1S/C14H14BrN3/c15-11-3-1-9(2-4-11)12-14-13(17-16-12)10-5-7-18(14)8-6-10/h1-4,10H,5-8H2,(H,16,17). The minimum absolute atomic E-state index is 0.696. The van der Waals surface area contributed by atoms with Crippen molar-refractivity contribution in [1.29, 1.82) is 0 Å². The van der Waals surface area contributed by atoms with Gasteiger partial charge in [-0.15, -0.1) is 0 Å². The summed E-state index contributed by atoms with van der Waals surface area (Å²) in [6.07, 6.45) is 2.55. The lowest BCUT2D eigenvalue weighted by molar-refractivity contribution is 0.466. The van der Waals surface area contributed by atoms with Crippen molar-refractivity contribution in [3.05, 3.63) is 34.4 Å². The zero-order valence-electron chi connectivity index (χ0n) is 9.99. The number of nitrogens with one attached hydrogen (secondary N) is 1. The molecule has 0 radical (unpaired) electrons. The van der Waals surface area contributed by atoms with Crippen LogP contribution in [-0.4, -0.2) is 23.3 Å². The Labute approximate surface area is 114 Å². The molecule has 0 atom stereocenters. The highest BCUT2D eigenvalue weighted by atomic mass is 79.9. The number of benzene rings is 1. The van der Waals surface area contributed by atoms with Crippen LogP contribution < -0.4 is 4.90 Å². The number of piperidine rings is 1. The maximum absolute atomic E-state index is 4.56. The van der Waals surface area contributed by atoms with Crippen LogP contribution in [0.15, 0.2) is 28.7 Å². The lowest BCUT2D eigenvalue weighted by Gasteiger charge is -2.40. The van der Waals surface area contributed by atoms with Crippen molar-refractivity contribution in [3.63, 3.8) is 0 Å². The lowest BCUT2D eigenvalue weighted by atomic mass is 9.86. The fourth-order valence-electron chi connectivity index (χ4n) is 3.16. The molecule has 4 heterocycles. The third-order valence-electron chi connectivity index (χ3n) is 4.10. The molecular formula is C14H14BrN3. The largest absolute Gasteiger partial charge is 0.368 e. The van der Waals surface area contributed by atoms with Crippen LogP contribution in [0, 0.1) is 0 Å². The molecule has 4 heteroatoms. The van der Waals surface area contributed by atoms with Gasteiger partial charge in [0.15, 0.2) is 0 Å². The lowest BCUT2D eigenvalue weighted by Crippen LogP contribution is -2.38. The minimum atomic E-state index is 0.696. The van der Waals surface area contributed by atoms with E-state index in [0.29, 0.717) is 5.92 Å². The molecule has 1 saturated heterocycles. The maximum Gasteiger partial charge on any atom is 0.116 e. The topological polar surface area (TPSA) is 31.9 Å². The van der Waals surface area contributed by atoms with E-state index in [0.717, 1.165) is 10.2 Å². The van der Waals surface area contributed by atoms with E-state index in [4.69, 9.17) is 0 Å². The van der Waals surface area contributed by atoms with E-state index in [2.05, 4.69) is 55.3 Å². The molecule has 3 aliphatic heterocycles. The molecule has 0 aliphatic carbocycles. The molecule has 0 spiro atoms. The summed E-state index contributed by atoms with van der Waals surface area (Å²) in [4.78, 5) is 2.48. The van der Waals surface area contributed by atoms with Crippen molar-refractivity contribution in [2.24, 2.45) is 0 Å². The number of hydrogen-bond donors (Lipinski definition) is 1. The highest BCUT2D eigenvalue weighted by Crippen LogP contribution is 2.45. The number of rotatable bonds is 1. The van der Waals surface area contributed by atoms with Crippen LogP contribution in [0.3, 0.4) is 0 Å². The second-order valence-electron chi connectivity index (χ2n) is 5.10. The van der Waals surface area contributed by atoms with Gasteiger partial charge in [-0.25, -0.2) is 0 Å². The monoisotopic (exact) mass is 303 g/mol. The molecule has 3 nitrogen and oxygen atoms in total. The highest BCUT2D eigenvalue weighted by Gasteiger charge is 2.35. The quantitative estimate of drug-likeness (QED) is 0.874. The zero-order chi connectivity index (χ0) is 12.1. The first-order chi connectivity index (χ1) is 8.83. The van der Waals surface area contributed by atoms with Gasteiger partial charge in [0.25, 0.3) is 0 Å². The van der Waals surface area contributed by atoms with Crippen LogP contribution in [0.1, 0.15) is 24.5 Å². The average molecular weight is 304 g/mol.